The molecule has 3 aliphatic rings. The number of rotatable bonds is 5. The number of hydrazone groups is 1. The summed E-state index contributed by atoms with van der Waals surface area (Å²) < 4.78 is 11.1. The topological polar surface area (TPSA) is 85.3 Å². The minimum atomic E-state index is -0.811. The first-order valence-corrected chi connectivity index (χ1v) is 9.84. The van der Waals surface area contributed by atoms with Gasteiger partial charge in [-0.05, 0) is 43.4 Å². The number of benzene rings is 1. The normalized spacial score (nSPS) is 28.9. The van der Waals surface area contributed by atoms with Gasteiger partial charge in [0.25, 0.3) is 11.8 Å². The maximum atomic E-state index is 12.7. The van der Waals surface area contributed by atoms with Crippen LogP contribution in [-0.2, 0) is 19.1 Å². The molecule has 1 aliphatic heterocycles. The maximum absolute atomic E-state index is 12.7. The summed E-state index contributed by atoms with van der Waals surface area (Å²) in [6.45, 7) is 1.58. The van der Waals surface area contributed by atoms with E-state index in [1.54, 1.807) is 25.1 Å². The molecule has 7 nitrogen and oxygen atoms in total. The molecule has 5 atom stereocenters. The van der Waals surface area contributed by atoms with Crippen molar-refractivity contribution in [2.75, 3.05) is 7.11 Å². The van der Waals surface area contributed by atoms with Crippen molar-refractivity contribution in [1.82, 2.24) is 5.01 Å². The van der Waals surface area contributed by atoms with Crippen molar-refractivity contribution in [2.24, 2.45) is 28.8 Å². The molecule has 1 aromatic carbocycles. The van der Waals surface area contributed by atoms with Crippen LogP contribution in [0.4, 0.5) is 0 Å². The molecule has 2 aliphatic carbocycles. The van der Waals surface area contributed by atoms with E-state index in [2.05, 4.69) is 25.8 Å². The molecule has 0 unspecified atom stereocenters. The van der Waals surface area contributed by atoms with E-state index in [4.69, 9.17) is 4.74 Å². The zero-order valence-corrected chi connectivity index (χ0v) is 17.0. The molecular formula is C20H19BrN2O5. The molecule has 1 saturated heterocycles. The van der Waals surface area contributed by atoms with Gasteiger partial charge in [0.1, 0.15) is 5.75 Å². The molecule has 2 amide bonds. The zero-order valence-electron chi connectivity index (χ0n) is 15.4. The second-order valence-corrected chi connectivity index (χ2v) is 8.11. The van der Waals surface area contributed by atoms with Crippen molar-refractivity contribution >= 4 is 39.9 Å². The van der Waals surface area contributed by atoms with Crippen molar-refractivity contribution in [2.45, 2.75) is 19.4 Å². The van der Waals surface area contributed by atoms with E-state index in [0.29, 0.717) is 11.3 Å². The maximum Gasteiger partial charge on any atom is 0.346 e. The molecule has 1 saturated carbocycles. The SMILES string of the molecule is COC(=O)[C@@H](C)Oc1ccc(Br)cc1C=NN1C(=O)[C@@H]2[C@H](C1=O)[C@H]1C=C[C@H]2C1. The quantitative estimate of drug-likeness (QED) is 0.300. The van der Waals surface area contributed by atoms with Crippen LogP contribution in [0.3, 0.4) is 0 Å². The predicted molar refractivity (Wildman–Crippen MR) is 103 cm³/mol. The average molecular weight is 447 g/mol. The van der Waals surface area contributed by atoms with Crippen LogP contribution in [-0.4, -0.2) is 42.2 Å². The zero-order chi connectivity index (χ0) is 20.0. The van der Waals surface area contributed by atoms with E-state index in [-0.39, 0.29) is 35.5 Å². The van der Waals surface area contributed by atoms with E-state index < -0.39 is 12.1 Å². The first-order chi connectivity index (χ1) is 13.4. The van der Waals surface area contributed by atoms with Gasteiger partial charge < -0.3 is 9.47 Å². The number of allylic oxidation sites excluding steroid dienone is 2. The second kappa shape index (κ2) is 7.16. The van der Waals surface area contributed by atoms with Crippen molar-refractivity contribution in [3.8, 4) is 5.75 Å². The monoisotopic (exact) mass is 446 g/mol. The van der Waals surface area contributed by atoms with Crippen molar-refractivity contribution < 1.29 is 23.9 Å². The number of halogens is 1. The lowest BCUT2D eigenvalue weighted by molar-refractivity contribution is -0.148. The van der Waals surface area contributed by atoms with Crippen LogP contribution < -0.4 is 4.74 Å². The summed E-state index contributed by atoms with van der Waals surface area (Å²) in [7, 11) is 1.29. The molecule has 2 bridgehead atoms. The Kier molecular flexibility index (Phi) is 4.82. The Balaban J connectivity index is 1.57. The van der Waals surface area contributed by atoms with Gasteiger partial charge in [0.2, 0.25) is 0 Å². The van der Waals surface area contributed by atoms with E-state index in [0.717, 1.165) is 15.9 Å². The molecule has 0 aromatic heterocycles. The molecule has 4 rings (SSSR count). The van der Waals surface area contributed by atoms with Gasteiger partial charge in [-0.25, -0.2) is 4.79 Å². The van der Waals surface area contributed by atoms with Crippen LogP contribution in [0.2, 0.25) is 0 Å². The van der Waals surface area contributed by atoms with E-state index in [1.807, 2.05) is 12.2 Å². The summed E-state index contributed by atoms with van der Waals surface area (Å²) in [5.41, 5.74) is 0.531. The summed E-state index contributed by atoms with van der Waals surface area (Å²) in [5, 5.41) is 5.16. The van der Waals surface area contributed by atoms with E-state index in [9.17, 15) is 14.4 Å². The Morgan fingerprint density at radius 1 is 1.25 bits per heavy atom. The van der Waals surface area contributed by atoms with Gasteiger partial charge in [-0.1, -0.05) is 28.1 Å². The van der Waals surface area contributed by atoms with Crippen LogP contribution >= 0.6 is 15.9 Å². The third-order valence-electron chi connectivity index (χ3n) is 5.57. The Morgan fingerprint density at radius 2 is 1.89 bits per heavy atom. The Bertz CT molecular complexity index is 882. The van der Waals surface area contributed by atoms with Gasteiger partial charge in [-0.15, -0.1) is 0 Å². The number of nitrogens with zero attached hydrogens (tertiary/aromatic N) is 2. The van der Waals surface area contributed by atoms with Gasteiger partial charge in [0, 0.05) is 10.0 Å². The lowest BCUT2D eigenvalue weighted by atomic mass is 9.85. The third-order valence-corrected chi connectivity index (χ3v) is 6.06. The number of esters is 1. The van der Waals surface area contributed by atoms with Crippen LogP contribution in [0, 0.1) is 23.7 Å². The fourth-order valence-corrected chi connectivity index (χ4v) is 4.63. The fourth-order valence-electron chi connectivity index (χ4n) is 4.25. The van der Waals surface area contributed by atoms with Crippen LogP contribution in [0.25, 0.3) is 0 Å². The Hall–Kier alpha value is -2.48. The Labute approximate surface area is 170 Å². The lowest BCUT2D eigenvalue weighted by Gasteiger charge is -2.15. The van der Waals surface area contributed by atoms with Gasteiger partial charge in [-0.3, -0.25) is 9.59 Å². The third kappa shape index (κ3) is 3.05. The highest BCUT2D eigenvalue weighted by Crippen LogP contribution is 2.52. The number of hydrogen-bond acceptors (Lipinski definition) is 6. The number of amides is 2. The largest absolute Gasteiger partial charge is 0.478 e. The molecule has 0 radical (unpaired) electrons. The summed E-state index contributed by atoms with van der Waals surface area (Å²) in [5.74, 6) is -0.923. The van der Waals surface area contributed by atoms with Crippen molar-refractivity contribution in [1.29, 1.82) is 0 Å². The van der Waals surface area contributed by atoms with E-state index in [1.165, 1.54) is 13.3 Å². The number of methoxy groups -OCH3 is 1. The summed E-state index contributed by atoms with van der Waals surface area (Å²) in [6, 6.07) is 5.17. The first kappa shape index (κ1) is 18.9. The number of imide groups is 1. The highest BCUT2D eigenvalue weighted by Gasteiger charge is 2.59. The highest BCUT2D eigenvalue weighted by molar-refractivity contribution is 9.10. The minimum absolute atomic E-state index is 0.136. The van der Waals surface area contributed by atoms with Crippen molar-refractivity contribution in [3.05, 3.63) is 40.4 Å². The lowest BCUT2D eigenvalue weighted by Crippen LogP contribution is -2.28. The van der Waals surface area contributed by atoms with Gasteiger partial charge >= 0.3 is 5.97 Å². The molecule has 2 fully saturated rings. The van der Waals surface area contributed by atoms with Crippen LogP contribution in [0.1, 0.15) is 18.9 Å². The number of carbonyl (C=O) groups is 3. The minimum Gasteiger partial charge on any atom is -0.478 e. The molecular weight excluding hydrogens is 428 g/mol. The molecule has 1 aromatic rings. The molecule has 28 heavy (non-hydrogen) atoms. The number of hydrogen-bond donors (Lipinski definition) is 0. The summed E-state index contributed by atoms with van der Waals surface area (Å²) in [6.07, 6.45) is 5.56. The van der Waals surface area contributed by atoms with Gasteiger partial charge in [0.15, 0.2) is 6.10 Å². The standard InChI is InChI=1S/C20H19BrN2O5/c1-10(20(26)27-2)28-15-6-5-14(21)8-13(15)9-22-23-18(24)16-11-3-4-12(7-11)17(16)19(23)25/h3-6,8-12,16-17H,7H2,1-2H3/t10-,11+,12+,16-,17+/m1/s1. The second-order valence-electron chi connectivity index (χ2n) is 7.20. The highest BCUT2D eigenvalue weighted by atomic mass is 79.9. The number of carbonyl (C=O) groups excluding carboxylic acids is 3. The molecule has 0 spiro atoms. The molecule has 1 heterocycles. The average Bonchev–Trinajstić information content (AvgIpc) is 3.36. The van der Waals surface area contributed by atoms with Crippen LogP contribution in [0.15, 0.2) is 39.9 Å². The van der Waals surface area contributed by atoms with Crippen molar-refractivity contribution in [3.63, 3.8) is 0 Å². The molecule has 0 N–H and O–H groups in total. The number of ether oxygens (including phenoxy) is 2. The van der Waals surface area contributed by atoms with E-state index >= 15 is 0 Å². The first-order valence-electron chi connectivity index (χ1n) is 9.05. The summed E-state index contributed by atoms with van der Waals surface area (Å²) >= 11 is 3.38. The fraction of sp³-hybridized carbons (Fsp3) is 0.400. The smallest absolute Gasteiger partial charge is 0.346 e. The molecule has 8 heteroatoms. The summed E-state index contributed by atoms with van der Waals surface area (Å²) in [4.78, 5) is 37.1. The Morgan fingerprint density at radius 3 is 2.50 bits per heavy atom. The predicted octanol–water partition coefficient (Wildman–Crippen LogP) is 2.53. The van der Waals surface area contributed by atoms with Gasteiger partial charge in [-0.2, -0.15) is 10.1 Å². The van der Waals surface area contributed by atoms with Gasteiger partial charge in [0.05, 0.1) is 25.2 Å². The molecule has 146 valence electrons. The number of fused-ring (bicyclic) bond motifs is 5. The van der Waals surface area contributed by atoms with Crippen LogP contribution in [0.5, 0.6) is 5.75 Å².